The molecule has 0 bridgehead atoms. The van der Waals surface area contributed by atoms with E-state index >= 15 is 0 Å². The van der Waals surface area contributed by atoms with Crippen LogP contribution in [0.2, 0.25) is 0 Å². The summed E-state index contributed by atoms with van der Waals surface area (Å²) in [7, 11) is 4.27. The van der Waals surface area contributed by atoms with Crippen molar-refractivity contribution in [3.8, 4) is 0 Å². The third-order valence-electron chi connectivity index (χ3n) is 3.26. The highest BCUT2D eigenvalue weighted by molar-refractivity contribution is 5.45. The minimum absolute atomic E-state index is 0.719. The largest absolute Gasteiger partial charge is 0.384 e. The zero-order valence-corrected chi connectivity index (χ0v) is 13.8. The number of likely N-dealkylation sites (N-methyl/N-ethyl adjacent to an activating group) is 1. The first-order chi connectivity index (χ1) is 9.47. The molecule has 0 aliphatic carbocycles. The van der Waals surface area contributed by atoms with Gasteiger partial charge in [-0.05, 0) is 44.6 Å². The maximum Gasteiger partial charge on any atom is 0.0343 e. The third kappa shape index (κ3) is 7.51. The summed E-state index contributed by atoms with van der Waals surface area (Å²) in [6.07, 6.45) is 0. The van der Waals surface area contributed by atoms with Crippen LogP contribution in [-0.4, -0.2) is 56.6 Å². The second kappa shape index (κ2) is 8.98. The van der Waals surface area contributed by atoms with Gasteiger partial charge in [-0.3, -0.25) is 0 Å². The van der Waals surface area contributed by atoms with Crippen LogP contribution in [0.1, 0.15) is 19.4 Å². The zero-order chi connectivity index (χ0) is 15.0. The number of hydrogen-bond acceptors (Lipinski definition) is 3. The fraction of sp³-hybridized carbons (Fsp3) is 0.647. The summed E-state index contributed by atoms with van der Waals surface area (Å²) >= 11 is 0. The Labute approximate surface area is 125 Å². The average Bonchev–Trinajstić information content (AvgIpc) is 2.35. The molecule has 0 radical (unpaired) electrons. The lowest BCUT2D eigenvalue weighted by atomic mass is 10.2. The second-order valence-electron chi connectivity index (χ2n) is 6.29. The number of aryl methyl sites for hydroxylation is 1. The van der Waals surface area contributed by atoms with Crippen molar-refractivity contribution in [3.63, 3.8) is 0 Å². The van der Waals surface area contributed by atoms with E-state index in [0.29, 0.717) is 0 Å². The van der Waals surface area contributed by atoms with Gasteiger partial charge >= 0.3 is 0 Å². The number of rotatable bonds is 9. The van der Waals surface area contributed by atoms with E-state index in [1.807, 2.05) is 0 Å². The van der Waals surface area contributed by atoms with Crippen molar-refractivity contribution in [3.05, 3.63) is 29.8 Å². The van der Waals surface area contributed by atoms with Gasteiger partial charge in [-0.2, -0.15) is 0 Å². The molecule has 3 heteroatoms. The Morgan fingerprint density at radius 3 is 2.45 bits per heavy atom. The van der Waals surface area contributed by atoms with Crippen molar-refractivity contribution >= 4 is 5.69 Å². The van der Waals surface area contributed by atoms with E-state index in [1.54, 1.807) is 0 Å². The van der Waals surface area contributed by atoms with E-state index in [2.05, 4.69) is 74.2 Å². The zero-order valence-electron chi connectivity index (χ0n) is 13.8. The summed E-state index contributed by atoms with van der Waals surface area (Å²) in [6, 6.07) is 8.58. The van der Waals surface area contributed by atoms with Crippen LogP contribution in [0.4, 0.5) is 5.69 Å². The molecule has 0 atom stereocenters. The van der Waals surface area contributed by atoms with Gasteiger partial charge < -0.3 is 15.1 Å². The van der Waals surface area contributed by atoms with Gasteiger partial charge in [0, 0.05) is 38.4 Å². The Morgan fingerprint density at radius 2 is 1.85 bits per heavy atom. The smallest absolute Gasteiger partial charge is 0.0343 e. The van der Waals surface area contributed by atoms with E-state index in [9.17, 15) is 0 Å². The number of nitrogens with zero attached hydrogens (tertiary/aromatic N) is 2. The van der Waals surface area contributed by atoms with Crippen molar-refractivity contribution in [2.45, 2.75) is 20.8 Å². The van der Waals surface area contributed by atoms with Crippen LogP contribution in [-0.2, 0) is 0 Å². The van der Waals surface area contributed by atoms with E-state index < -0.39 is 0 Å². The summed E-state index contributed by atoms with van der Waals surface area (Å²) < 4.78 is 0. The Morgan fingerprint density at radius 1 is 1.10 bits per heavy atom. The minimum Gasteiger partial charge on any atom is -0.384 e. The molecule has 0 heterocycles. The highest BCUT2D eigenvalue weighted by atomic mass is 15.2. The number of anilines is 1. The molecular formula is C17H31N3. The summed E-state index contributed by atoms with van der Waals surface area (Å²) in [5, 5.41) is 3.52. The molecule has 0 aliphatic heterocycles. The van der Waals surface area contributed by atoms with Crippen molar-refractivity contribution in [1.29, 1.82) is 0 Å². The predicted molar refractivity (Wildman–Crippen MR) is 89.5 cm³/mol. The van der Waals surface area contributed by atoms with Gasteiger partial charge in [0.25, 0.3) is 0 Å². The first kappa shape index (κ1) is 17.0. The molecule has 0 amide bonds. The standard InChI is InChI=1S/C17H31N3/c1-15(2)14-20(12-11-19(4)5)10-9-18-17-8-6-7-16(3)13-17/h6-8,13,15,18H,9-12,14H2,1-5H3. The van der Waals surface area contributed by atoms with Crippen LogP contribution in [0.5, 0.6) is 0 Å². The Kier molecular flexibility index (Phi) is 7.63. The first-order valence-electron chi connectivity index (χ1n) is 7.65. The normalized spacial score (nSPS) is 11.6. The fourth-order valence-electron chi connectivity index (χ4n) is 2.27. The Bertz CT molecular complexity index is 374. The van der Waals surface area contributed by atoms with Crippen molar-refractivity contribution < 1.29 is 0 Å². The molecule has 0 saturated carbocycles. The Balaban J connectivity index is 2.37. The van der Waals surface area contributed by atoms with Crippen LogP contribution in [0.25, 0.3) is 0 Å². The van der Waals surface area contributed by atoms with Crippen LogP contribution in [0, 0.1) is 12.8 Å². The van der Waals surface area contributed by atoms with Crippen molar-refractivity contribution in [2.75, 3.05) is 52.1 Å². The Hall–Kier alpha value is -1.06. The lowest BCUT2D eigenvalue weighted by molar-refractivity contribution is 0.226. The minimum atomic E-state index is 0.719. The van der Waals surface area contributed by atoms with E-state index in [-0.39, 0.29) is 0 Å². The molecule has 0 unspecified atom stereocenters. The molecule has 0 spiro atoms. The fourth-order valence-corrected chi connectivity index (χ4v) is 2.27. The highest BCUT2D eigenvalue weighted by Gasteiger charge is 2.07. The molecule has 0 saturated heterocycles. The average molecular weight is 277 g/mol. The number of benzene rings is 1. The van der Waals surface area contributed by atoms with Gasteiger partial charge in [-0.25, -0.2) is 0 Å². The topological polar surface area (TPSA) is 18.5 Å². The molecular weight excluding hydrogens is 246 g/mol. The first-order valence-corrected chi connectivity index (χ1v) is 7.65. The lowest BCUT2D eigenvalue weighted by Gasteiger charge is -2.26. The molecule has 20 heavy (non-hydrogen) atoms. The molecule has 0 fully saturated rings. The van der Waals surface area contributed by atoms with Gasteiger partial charge in [-0.15, -0.1) is 0 Å². The van der Waals surface area contributed by atoms with Gasteiger partial charge in [-0.1, -0.05) is 26.0 Å². The van der Waals surface area contributed by atoms with Gasteiger partial charge in [0.2, 0.25) is 0 Å². The molecule has 1 rings (SSSR count). The SMILES string of the molecule is Cc1cccc(NCCN(CCN(C)C)CC(C)C)c1. The summed E-state index contributed by atoms with van der Waals surface area (Å²) in [5.41, 5.74) is 2.53. The van der Waals surface area contributed by atoms with Crippen LogP contribution >= 0.6 is 0 Å². The number of hydrogen-bond donors (Lipinski definition) is 1. The molecule has 0 aliphatic rings. The van der Waals surface area contributed by atoms with Crippen LogP contribution in [0.15, 0.2) is 24.3 Å². The molecule has 1 aromatic carbocycles. The van der Waals surface area contributed by atoms with Crippen LogP contribution in [0.3, 0.4) is 0 Å². The number of nitrogens with one attached hydrogen (secondary N) is 1. The maximum atomic E-state index is 3.52. The summed E-state index contributed by atoms with van der Waals surface area (Å²) in [4.78, 5) is 4.80. The summed E-state index contributed by atoms with van der Waals surface area (Å²) in [6.45, 7) is 12.2. The summed E-state index contributed by atoms with van der Waals surface area (Å²) in [5.74, 6) is 0.719. The maximum absolute atomic E-state index is 3.52. The van der Waals surface area contributed by atoms with E-state index in [4.69, 9.17) is 0 Å². The van der Waals surface area contributed by atoms with Crippen LogP contribution < -0.4 is 5.32 Å². The van der Waals surface area contributed by atoms with Gasteiger partial charge in [0.1, 0.15) is 0 Å². The third-order valence-corrected chi connectivity index (χ3v) is 3.26. The molecule has 0 aromatic heterocycles. The quantitative estimate of drug-likeness (QED) is 0.749. The van der Waals surface area contributed by atoms with Gasteiger partial charge in [0.05, 0.1) is 0 Å². The molecule has 114 valence electrons. The van der Waals surface area contributed by atoms with E-state index in [0.717, 1.165) is 32.1 Å². The molecule has 1 N–H and O–H groups in total. The molecule has 1 aromatic rings. The molecule has 3 nitrogen and oxygen atoms in total. The second-order valence-corrected chi connectivity index (χ2v) is 6.29. The highest BCUT2D eigenvalue weighted by Crippen LogP contribution is 2.09. The predicted octanol–water partition coefficient (Wildman–Crippen LogP) is 2.93. The monoisotopic (exact) mass is 277 g/mol. The van der Waals surface area contributed by atoms with E-state index in [1.165, 1.54) is 17.8 Å². The van der Waals surface area contributed by atoms with Crippen molar-refractivity contribution in [1.82, 2.24) is 9.80 Å². The van der Waals surface area contributed by atoms with Gasteiger partial charge in [0.15, 0.2) is 0 Å². The van der Waals surface area contributed by atoms with Crippen molar-refractivity contribution in [2.24, 2.45) is 5.92 Å². The lowest BCUT2D eigenvalue weighted by Crippen LogP contribution is -2.37.